The molecule has 0 radical (unpaired) electrons. The normalized spacial score (nSPS) is 14.5. The molecule has 0 atom stereocenters. The molecule has 0 aliphatic carbocycles. The zero-order valence-corrected chi connectivity index (χ0v) is 17.8. The fraction of sp³-hybridized carbons (Fsp3) is 0.304. The third-order valence-electron chi connectivity index (χ3n) is 4.19. The van der Waals surface area contributed by atoms with Crippen LogP contribution < -0.4 is 9.64 Å². The van der Waals surface area contributed by atoms with E-state index in [0.29, 0.717) is 34.3 Å². The molecule has 29 heavy (non-hydrogen) atoms. The van der Waals surface area contributed by atoms with Gasteiger partial charge in [-0.15, -0.1) is 11.8 Å². The van der Waals surface area contributed by atoms with Crippen molar-refractivity contribution in [2.24, 2.45) is 5.92 Å². The summed E-state index contributed by atoms with van der Waals surface area (Å²) in [5.74, 6) is -0.254. The summed E-state index contributed by atoms with van der Waals surface area (Å²) in [6.45, 7) is 8.65. The molecule has 1 aliphatic rings. The second kappa shape index (κ2) is 8.82. The Labute approximate surface area is 174 Å². The van der Waals surface area contributed by atoms with Gasteiger partial charge in [0.1, 0.15) is 11.6 Å². The summed E-state index contributed by atoms with van der Waals surface area (Å²) in [6, 6.07) is 12.7. The van der Waals surface area contributed by atoms with Crippen LogP contribution in [0.4, 0.5) is 10.1 Å². The van der Waals surface area contributed by atoms with E-state index in [-0.39, 0.29) is 10.9 Å². The molecule has 0 spiro atoms. The Morgan fingerprint density at radius 2 is 1.69 bits per heavy atom. The largest absolute Gasteiger partial charge is 0.493 e. The molecule has 152 valence electrons. The van der Waals surface area contributed by atoms with E-state index in [1.165, 1.54) is 30.0 Å². The van der Waals surface area contributed by atoms with Crippen LogP contribution in [0.3, 0.4) is 0 Å². The average molecular weight is 414 g/mol. The van der Waals surface area contributed by atoms with Gasteiger partial charge in [0.25, 0.3) is 11.8 Å². The van der Waals surface area contributed by atoms with E-state index in [9.17, 15) is 14.0 Å². The number of carbonyl (C=O) groups excluding carboxylic acids is 2. The van der Waals surface area contributed by atoms with Gasteiger partial charge in [0.05, 0.1) is 22.8 Å². The molecule has 6 heteroatoms. The van der Waals surface area contributed by atoms with Gasteiger partial charge in [-0.2, -0.15) is 0 Å². The fourth-order valence-electron chi connectivity index (χ4n) is 2.94. The Morgan fingerprint density at radius 1 is 1.00 bits per heavy atom. The van der Waals surface area contributed by atoms with Crippen molar-refractivity contribution in [3.05, 3.63) is 64.8 Å². The summed E-state index contributed by atoms with van der Waals surface area (Å²) in [7, 11) is 0. The Hall–Kier alpha value is -2.60. The summed E-state index contributed by atoms with van der Waals surface area (Å²) in [6.07, 6.45) is 0. The van der Waals surface area contributed by atoms with E-state index in [4.69, 9.17) is 4.74 Å². The predicted molar refractivity (Wildman–Crippen MR) is 115 cm³/mol. The van der Waals surface area contributed by atoms with E-state index in [1.54, 1.807) is 30.3 Å². The van der Waals surface area contributed by atoms with Crippen molar-refractivity contribution in [2.75, 3.05) is 11.5 Å². The standard InChI is InChI=1S/C23H24FNO3S/c1-14(2)13-28-19-10-8-16(9-11-19)20-21(29-15(3)4)23(27)25(22(20)26)18-7-5-6-17(24)12-18/h5-12,14-15H,13H2,1-4H3. The van der Waals surface area contributed by atoms with Crippen LogP contribution in [0.2, 0.25) is 0 Å². The molecule has 2 aromatic carbocycles. The minimum atomic E-state index is -0.499. The van der Waals surface area contributed by atoms with Crippen molar-refractivity contribution in [2.45, 2.75) is 32.9 Å². The average Bonchev–Trinajstić information content (AvgIpc) is 2.90. The highest BCUT2D eigenvalue weighted by molar-refractivity contribution is 8.04. The highest BCUT2D eigenvalue weighted by Gasteiger charge is 2.40. The lowest BCUT2D eigenvalue weighted by Gasteiger charge is -2.15. The van der Waals surface area contributed by atoms with Gasteiger partial charge in [-0.25, -0.2) is 9.29 Å². The molecule has 4 nitrogen and oxygen atoms in total. The summed E-state index contributed by atoms with van der Waals surface area (Å²) in [4.78, 5) is 27.7. The zero-order valence-electron chi connectivity index (χ0n) is 16.9. The zero-order chi connectivity index (χ0) is 21.1. The summed E-state index contributed by atoms with van der Waals surface area (Å²) in [5, 5.41) is 0.109. The van der Waals surface area contributed by atoms with Gasteiger partial charge in [0.15, 0.2) is 0 Å². The van der Waals surface area contributed by atoms with Gasteiger partial charge < -0.3 is 4.74 Å². The molecular formula is C23H24FNO3S. The number of benzene rings is 2. The molecule has 0 bridgehead atoms. The van der Waals surface area contributed by atoms with E-state index < -0.39 is 17.6 Å². The molecule has 1 aliphatic heterocycles. The van der Waals surface area contributed by atoms with E-state index in [2.05, 4.69) is 13.8 Å². The minimum absolute atomic E-state index is 0.109. The van der Waals surface area contributed by atoms with E-state index in [0.717, 1.165) is 4.90 Å². The number of ether oxygens (including phenoxy) is 1. The van der Waals surface area contributed by atoms with Crippen LogP contribution in [-0.2, 0) is 9.59 Å². The van der Waals surface area contributed by atoms with Gasteiger partial charge in [0.2, 0.25) is 0 Å². The molecule has 3 rings (SSSR count). The molecular weight excluding hydrogens is 389 g/mol. The summed E-state index contributed by atoms with van der Waals surface area (Å²) < 4.78 is 19.4. The molecule has 1 heterocycles. The van der Waals surface area contributed by atoms with Crippen LogP contribution in [0.15, 0.2) is 53.4 Å². The van der Waals surface area contributed by atoms with Crippen molar-refractivity contribution in [3.8, 4) is 5.75 Å². The lowest BCUT2D eigenvalue weighted by Crippen LogP contribution is -2.31. The first-order valence-electron chi connectivity index (χ1n) is 9.56. The van der Waals surface area contributed by atoms with Gasteiger partial charge >= 0.3 is 0 Å². The molecule has 0 N–H and O–H groups in total. The number of imide groups is 1. The third kappa shape index (κ3) is 4.70. The molecule has 0 saturated heterocycles. The number of anilines is 1. The SMILES string of the molecule is CC(C)COc1ccc(C2=C(SC(C)C)C(=O)N(c3cccc(F)c3)C2=O)cc1. The summed E-state index contributed by atoms with van der Waals surface area (Å²) in [5.41, 5.74) is 1.21. The predicted octanol–water partition coefficient (Wildman–Crippen LogP) is 5.29. The Morgan fingerprint density at radius 3 is 2.28 bits per heavy atom. The number of halogens is 1. The van der Waals surface area contributed by atoms with Crippen LogP contribution in [0.25, 0.3) is 5.57 Å². The third-order valence-corrected chi connectivity index (χ3v) is 5.27. The highest BCUT2D eigenvalue weighted by atomic mass is 32.2. The first-order chi connectivity index (χ1) is 13.8. The second-order valence-corrected chi connectivity index (χ2v) is 9.11. The van der Waals surface area contributed by atoms with Crippen LogP contribution in [-0.4, -0.2) is 23.7 Å². The van der Waals surface area contributed by atoms with Crippen LogP contribution in [0.1, 0.15) is 33.3 Å². The van der Waals surface area contributed by atoms with Gasteiger partial charge in [0, 0.05) is 5.25 Å². The van der Waals surface area contributed by atoms with Crippen molar-refractivity contribution in [1.29, 1.82) is 0 Å². The van der Waals surface area contributed by atoms with E-state index >= 15 is 0 Å². The monoisotopic (exact) mass is 413 g/mol. The van der Waals surface area contributed by atoms with Crippen LogP contribution in [0, 0.1) is 11.7 Å². The molecule has 0 saturated carbocycles. The van der Waals surface area contributed by atoms with Crippen molar-refractivity contribution < 1.29 is 18.7 Å². The lowest BCUT2D eigenvalue weighted by molar-refractivity contribution is -0.119. The van der Waals surface area contributed by atoms with Crippen molar-refractivity contribution in [3.63, 3.8) is 0 Å². The lowest BCUT2D eigenvalue weighted by atomic mass is 10.1. The number of rotatable bonds is 7. The topological polar surface area (TPSA) is 46.6 Å². The quantitative estimate of drug-likeness (QED) is 0.579. The number of carbonyl (C=O) groups is 2. The van der Waals surface area contributed by atoms with E-state index in [1.807, 2.05) is 13.8 Å². The first-order valence-corrected chi connectivity index (χ1v) is 10.4. The Bertz CT molecular complexity index is 951. The highest BCUT2D eigenvalue weighted by Crippen LogP contribution is 2.40. The van der Waals surface area contributed by atoms with Gasteiger partial charge in [-0.05, 0) is 41.8 Å². The smallest absolute Gasteiger partial charge is 0.272 e. The number of hydrogen-bond donors (Lipinski definition) is 0. The second-order valence-electron chi connectivity index (χ2n) is 7.53. The molecule has 0 aromatic heterocycles. The van der Waals surface area contributed by atoms with Gasteiger partial charge in [-0.3, -0.25) is 9.59 Å². The summed E-state index contributed by atoms with van der Waals surface area (Å²) >= 11 is 1.34. The number of amides is 2. The minimum Gasteiger partial charge on any atom is -0.493 e. The molecule has 2 aromatic rings. The van der Waals surface area contributed by atoms with Crippen LogP contribution in [0.5, 0.6) is 5.75 Å². The maximum absolute atomic E-state index is 13.7. The maximum atomic E-state index is 13.7. The van der Waals surface area contributed by atoms with Gasteiger partial charge in [-0.1, -0.05) is 45.9 Å². The Balaban J connectivity index is 1.98. The molecule has 2 amide bonds. The number of thioether (sulfide) groups is 1. The fourth-order valence-corrected chi connectivity index (χ4v) is 3.93. The Kier molecular flexibility index (Phi) is 6.42. The molecule has 0 fully saturated rings. The molecule has 0 unspecified atom stereocenters. The maximum Gasteiger partial charge on any atom is 0.272 e. The number of nitrogens with zero attached hydrogens (tertiary/aromatic N) is 1. The van der Waals surface area contributed by atoms with Crippen LogP contribution >= 0.6 is 11.8 Å². The first kappa shape index (κ1) is 21.1. The van der Waals surface area contributed by atoms with Crippen molar-refractivity contribution >= 4 is 34.8 Å². The number of hydrogen-bond acceptors (Lipinski definition) is 4. The van der Waals surface area contributed by atoms with Crippen molar-refractivity contribution in [1.82, 2.24) is 0 Å².